The summed E-state index contributed by atoms with van der Waals surface area (Å²) in [4.78, 5) is 6.93. The van der Waals surface area contributed by atoms with Crippen molar-refractivity contribution in [2.24, 2.45) is 0 Å². The molecule has 3 rings (SSSR count). The average molecular weight is 325 g/mol. The highest BCUT2D eigenvalue weighted by molar-refractivity contribution is 5.52. The van der Waals surface area contributed by atoms with E-state index in [1.807, 2.05) is 18.3 Å². The van der Waals surface area contributed by atoms with E-state index in [1.165, 1.54) is 11.3 Å². The molecule has 1 aromatic carbocycles. The third-order valence-electron chi connectivity index (χ3n) is 4.41. The second-order valence-electron chi connectivity index (χ2n) is 6.73. The second-order valence-corrected chi connectivity index (χ2v) is 6.73. The first-order valence-electron chi connectivity index (χ1n) is 8.75. The number of pyridine rings is 1. The average Bonchev–Trinajstić information content (AvgIpc) is 2.56. The number of nitrogens with one attached hydrogen (secondary N) is 1. The number of para-hydroxylation sites is 1. The number of rotatable bonds is 5. The highest BCUT2D eigenvalue weighted by Crippen LogP contribution is 2.24. The zero-order chi connectivity index (χ0) is 16.9. The molecule has 2 aromatic rings. The van der Waals surface area contributed by atoms with E-state index in [-0.39, 0.29) is 6.04 Å². The fourth-order valence-electron chi connectivity index (χ4n) is 3.39. The Bertz CT molecular complexity index is 636. The van der Waals surface area contributed by atoms with E-state index >= 15 is 0 Å². The Morgan fingerprint density at radius 1 is 1.12 bits per heavy atom. The van der Waals surface area contributed by atoms with E-state index in [0.29, 0.717) is 12.2 Å². The van der Waals surface area contributed by atoms with Gasteiger partial charge in [0.05, 0.1) is 23.9 Å². The predicted octanol–water partition coefficient (Wildman–Crippen LogP) is 3.86. The summed E-state index contributed by atoms with van der Waals surface area (Å²) in [5.41, 5.74) is 3.56. The molecule has 0 saturated carbocycles. The zero-order valence-electron chi connectivity index (χ0n) is 14.8. The molecule has 2 heterocycles. The van der Waals surface area contributed by atoms with Gasteiger partial charge in [0.2, 0.25) is 0 Å². The molecular weight excluding hydrogens is 298 g/mol. The molecular formula is C20H27N3O. The van der Waals surface area contributed by atoms with E-state index in [2.05, 4.69) is 66.3 Å². The smallest absolute Gasteiger partial charge is 0.0678 e. The minimum atomic E-state index is 0.176. The molecule has 0 spiro atoms. The maximum absolute atomic E-state index is 5.84. The number of anilines is 1. The number of ether oxygens (including phenoxy) is 1. The second kappa shape index (κ2) is 7.77. The fraction of sp³-hybridized carbons (Fsp3) is 0.450. The van der Waals surface area contributed by atoms with Crippen molar-refractivity contribution in [1.29, 1.82) is 0 Å². The van der Waals surface area contributed by atoms with Gasteiger partial charge >= 0.3 is 0 Å². The molecule has 128 valence electrons. The van der Waals surface area contributed by atoms with E-state index in [4.69, 9.17) is 4.74 Å². The maximum Gasteiger partial charge on any atom is 0.0678 e. The molecule has 24 heavy (non-hydrogen) atoms. The minimum absolute atomic E-state index is 0.176. The normalized spacial score (nSPS) is 23.0. The van der Waals surface area contributed by atoms with Crippen LogP contribution in [-0.4, -0.2) is 35.2 Å². The summed E-state index contributed by atoms with van der Waals surface area (Å²) < 4.78 is 5.84. The van der Waals surface area contributed by atoms with E-state index in [1.54, 1.807) is 0 Å². The molecule has 1 aliphatic heterocycles. The largest absolute Gasteiger partial charge is 0.377 e. The Labute approximate surface area is 144 Å². The molecule has 3 unspecified atom stereocenters. The van der Waals surface area contributed by atoms with Crippen LogP contribution in [0.15, 0.2) is 48.7 Å². The Morgan fingerprint density at radius 2 is 1.83 bits per heavy atom. The summed E-state index contributed by atoms with van der Waals surface area (Å²) in [5, 5.41) is 3.62. The summed E-state index contributed by atoms with van der Waals surface area (Å²) in [5.74, 6) is 0. The molecule has 1 saturated heterocycles. The van der Waals surface area contributed by atoms with Crippen LogP contribution in [0.4, 0.5) is 5.69 Å². The van der Waals surface area contributed by atoms with Crippen molar-refractivity contribution in [3.05, 3.63) is 59.9 Å². The van der Waals surface area contributed by atoms with Gasteiger partial charge < -0.3 is 10.1 Å². The molecule has 3 atom stereocenters. The molecule has 0 aliphatic carbocycles. The maximum atomic E-state index is 5.84. The van der Waals surface area contributed by atoms with Gasteiger partial charge in [-0.05, 0) is 44.5 Å². The summed E-state index contributed by atoms with van der Waals surface area (Å²) in [6, 6.07) is 14.8. The Balaban J connectivity index is 1.71. The number of nitrogens with zero attached hydrogens (tertiary/aromatic N) is 2. The molecule has 0 radical (unpaired) electrons. The SMILES string of the molecule is CC1CN(Cc2ccccc2NC(C)c2ccccn2)CC(C)O1. The van der Waals surface area contributed by atoms with Crippen molar-refractivity contribution in [3.63, 3.8) is 0 Å². The summed E-state index contributed by atoms with van der Waals surface area (Å²) in [6.45, 7) is 9.35. The van der Waals surface area contributed by atoms with Crippen LogP contribution in [-0.2, 0) is 11.3 Å². The van der Waals surface area contributed by atoms with Crippen molar-refractivity contribution in [2.45, 2.75) is 45.6 Å². The van der Waals surface area contributed by atoms with Gasteiger partial charge in [-0.15, -0.1) is 0 Å². The molecule has 0 amide bonds. The summed E-state index contributed by atoms with van der Waals surface area (Å²) in [7, 11) is 0. The molecule has 4 nitrogen and oxygen atoms in total. The van der Waals surface area contributed by atoms with Gasteiger partial charge in [0.25, 0.3) is 0 Å². The zero-order valence-corrected chi connectivity index (χ0v) is 14.8. The number of hydrogen-bond acceptors (Lipinski definition) is 4. The van der Waals surface area contributed by atoms with Gasteiger partial charge in [-0.2, -0.15) is 0 Å². The minimum Gasteiger partial charge on any atom is -0.377 e. The van der Waals surface area contributed by atoms with E-state index < -0.39 is 0 Å². The molecule has 4 heteroatoms. The lowest BCUT2D eigenvalue weighted by atomic mass is 10.1. The van der Waals surface area contributed by atoms with Crippen LogP contribution in [0.2, 0.25) is 0 Å². The van der Waals surface area contributed by atoms with Crippen LogP contribution in [0, 0.1) is 0 Å². The third kappa shape index (κ3) is 4.34. The van der Waals surface area contributed by atoms with E-state index in [0.717, 1.165) is 25.3 Å². The Kier molecular flexibility index (Phi) is 5.48. The van der Waals surface area contributed by atoms with Gasteiger partial charge in [-0.3, -0.25) is 9.88 Å². The highest BCUT2D eigenvalue weighted by Gasteiger charge is 2.22. The molecule has 1 aromatic heterocycles. The van der Waals surface area contributed by atoms with Crippen molar-refractivity contribution in [1.82, 2.24) is 9.88 Å². The first-order valence-corrected chi connectivity index (χ1v) is 8.75. The van der Waals surface area contributed by atoms with Crippen molar-refractivity contribution in [2.75, 3.05) is 18.4 Å². The van der Waals surface area contributed by atoms with Crippen molar-refractivity contribution < 1.29 is 4.74 Å². The number of aromatic nitrogens is 1. The Hall–Kier alpha value is -1.91. The first kappa shape index (κ1) is 16.9. The van der Waals surface area contributed by atoms with Gasteiger partial charge in [0, 0.05) is 31.5 Å². The quantitative estimate of drug-likeness (QED) is 0.906. The lowest BCUT2D eigenvalue weighted by Gasteiger charge is -2.35. The van der Waals surface area contributed by atoms with Crippen molar-refractivity contribution in [3.8, 4) is 0 Å². The molecule has 1 fully saturated rings. The van der Waals surface area contributed by atoms with Gasteiger partial charge in [0.15, 0.2) is 0 Å². The first-order chi connectivity index (χ1) is 11.6. The standard InChI is InChI=1S/C20H27N3O/c1-15-12-23(13-16(2)24-15)14-18-8-4-5-10-20(18)22-17(3)19-9-6-7-11-21-19/h4-11,15-17,22H,12-14H2,1-3H3. The van der Waals surface area contributed by atoms with Crippen LogP contribution in [0.25, 0.3) is 0 Å². The van der Waals surface area contributed by atoms with Gasteiger partial charge in [-0.1, -0.05) is 24.3 Å². The van der Waals surface area contributed by atoms with Crippen LogP contribution in [0.3, 0.4) is 0 Å². The summed E-state index contributed by atoms with van der Waals surface area (Å²) >= 11 is 0. The van der Waals surface area contributed by atoms with Gasteiger partial charge in [0.1, 0.15) is 0 Å². The third-order valence-corrected chi connectivity index (χ3v) is 4.41. The highest BCUT2D eigenvalue weighted by atomic mass is 16.5. The lowest BCUT2D eigenvalue weighted by Crippen LogP contribution is -2.44. The monoisotopic (exact) mass is 325 g/mol. The molecule has 0 bridgehead atoms. The fourth-order valence-corrected chi connectivity index (χ4v) is 3.39. The number of benzene rings is 1. The summed E-state index contributed by atoms with van der Waals surface area (Å²) in [6.07, 6.45) is 2.43. The number of hydrogen-bond donors (Lipinski definition) is 1. The molecule has 1 N–H and O–H groups in total. The van der Waals surface area contributed by atoms with Crippen LogP contribution >= 0.6 is 0 Å². The molecule has 1 aliphatic rings. The number of morpholine rings is 1. The van der Waals surface area contributed by atoms with Crippen molar-refractivity contribution >= 4 is 5.69 Å². The van der Waals surface area contributed by atoms with Crippen LogP contribution < -0.4 is 5.32 Å². The topological polar surface area (TPSA) is 37.4 Å². The lowest BCUT2D eigenvalue weighted by molar-refractivity contribution is -0.0704. The predicted molar refractivity (Wildman–Crippen MR) is 98.0 cm³/mol. The van der Waals surface area contributed by atoms with Gasteiger partial charge in [-0.25, -0.2) is 0 Å². The van der Waals surface area contributed by atoms with Crippen LogP contribution in [0.1, 0.15) is 38.1 Å². The van der Waals surface area contributed by atoms with Crippen LogP contribution in [0.5, 0.6) is 0 Å². The van der Waals surface area contributed by atoms with E-state index in [9.17, 15) is 0 Å². The Morgan fingerprint density at radius 3 is 2.54 bits per heavy atom.